The molecule has 0 bridgehead atoms. The minimum absolute atomic E-state index is 0.129. The first-order valence-electron chi connectivity index (χ1n) is 8.28. The number of hydrogen-bond donors (Lipinski definition) is 1. The Labute approximate surface area is 167 Å². The second-order valence-electron chi connectivity index (χ2n) is 5.71. The van der Waals surface area contributed by atoms with Crippen LogP contribution >= 0.6 is 23.4 Å². The first-order valence-corrected chi connectivity index (χ1v) is 9.81. The summed E-state index contributed by atoms with van der Waals surface area (Å²) in [4.78, 5) is 12.3. The van der Waals surface area contributed by atoms with Gasteiger partial charge in [-0.25, -0.2) is 0 Å². The third-order valence-electron chi connectivity index (χ3n) is 3.84. The van der Waals surface area contributed by atoms with Gasteiger partial charge in [0.05, 0.1) is 30.7 Å². The van der Waals surface area contributed by atoms with E-state index in [1.165, 1.54) is 11.8 Å². The summed E-state index contributed by atoms with van der Waals surface area (Å²) in [6, 6.07) is 8.98. The number of hydrogen-bond acceptors (Lipinski definition) is 6. The predicted molar refractivity (Wildman–Crippen MR) is 107 cm³/mol. The molecule has 0 radical (unpaired) electrons. The lowest BCUT2D eigenvalue weighted by molar-refractivity contribution is -0.113. The third kappa shape index (κ3) is 4.93. The van der Waals surface area contributed by atoms with Gasteiger partial charge in [0.25, 0.3) is 0 Å². The van der Waals surface area contributed by atoms with E-state index in [9.17, 15) is 4.79 Å². The molecule has 0 fully saturated rings. The molecule has 6 nitrogen and oxygen atoms in total. The Bertz CT molecular complexity index is 830. The second-order valence-corrected chi connectivity index (χ2v) is 7.10. The zero-order valence-electron chi connectivity index (χ0n) is 15.0. The number of rotatable bonds is 7. The van der Waals surface area contributed by atoms with Crippen LogP contribution in [-0.2, 0) is 10.5 Å². The average molecular weight is 410 g/mol. The van der Waals surface area contributed by atoms with Crippen LogP contribution in [0.2, 0.25) is 5.02 Å². The van der Waals surface area contributed by atoms with Crippen LogP contribution in [0.1, 0.15) is 5.56 Å². The summed E-state index contributed by atoms with van der Waals surface area (Å²) in [5.41, 5.74) is 1.55. The van der Waals surface area contributed by atoms with Crippen LogP contribution in [0.5, 0.6) is 23.0 Å². The normalized spacial score (nSPS) is 12.4. The smallest absolute Gasteiger partial charge is 0.234 e. The van der Waals surface area contributed by atoms with Gasteiger partial charge in [-0.3, -0.25) is 4.79 Å². The van der Waals surface area contributed by atoms with Crippen LogP contribution in [0.3, 0.4) is 0 Å². The topological polar surface area (TPSA) is 66.0 Å². The van der Waals surface area contributed by atoms with Crippen LogP contribution in [0.4, 0.5) is 5.69 Å². The fraction of sp³-hybridized carbons (Fsp3) is 0.316. The summed E-state index contributed by atoms with van der Waals surface area (Å²) < 4.78 is 21.5. The lowest BCUT2D eigenvalue weighted by atomic mass is 10.2. The molecule has 1 amide bonds. The number of carbonyl (C=O) groups excluding carboxylic acids is 1. The molecule has 0 saturated carbocycles. The van der Waals surface area contributed by atoms with Crippen molar-refractivity contribution in [3.05, 3.63) is 40.9 Å². The van der Waals surface area contributed by atoms with Gasteiger partial charge >= 0.3 is 0 Å². The van der Waals surface area contributed by atoms with Crippen LogP contribution in [-0.4, -0.2) is 39.1 Å². The first kappa shape index (κ1) is 19.5. The Morgan fingerprint density at radius 2 is 2.00 bits per heavy atom. The molecule has 2 aromatic rings. The van der Waals surface area contributed by atoms with Crippen molar-refractivity contribution in [2.75, 3.05) is 38.5 Å². The minimum Gasteiger partial charge on any atom is -0.497 e. The largest absolute Gasteiger partial charge is 0.497 e. The molecule has 8 heteroatoms. The van der Waals surface area contributed by atoms with Gasteiger partial charge in [0.1, 0.15) is 24.7 Å². The molecular formula is C19H20ClNO5S. The van der Waals surface area contributed by atoms with Crippen LogP contribution in [0, 0.1) is 0 Å². The fourth-order valence-electron chi connectivity index (χ4n) is 2.61. The molecule has 0 atom stereocenters. The summed E-state index contributed by atoms with van der Waals surface area (Å²) in [7, 11) is 3.12. The minimum atomic E-state index is -0.129. The van der Waals surface area contributed by atoms with Gasteiger partial charge in [0.2, 0.25) is 5.91 Å². The van der Waals surface area contributed by atoms with Gasteiger partial charge in [-0.1, -0.05) is 11.6 Å². The number of benzene rings is 2. The van der Waals surface area contributed by atoms with E-state index in [1.807, 2.05) is 12.1 Å². The zero-order valence-corrected chi connectivity index (χ0v) is 16.6. The summed E-state index contributed by atoms with van der Waals surface area (Å²) >= 11 is 7.72. The van der Waals surface area contributed by atoms with Crippen molar-refractivity contribution in [1.29, 1.82) is 0 Å². The van der Waals surface area contributed by atoms with Gasteiger partial charge in [0.15, 0.2) is 11.5 Å². The van der Waals surface area contributed by atoms with Crippen LogP contribution in [0.15, 0.2) is 30.3 Å². The number of nitrogens with one attached hydrogen (secondary N) is 1. The summed E-state index contributed by atoms with van der Waals surface area (Å²) in [6.45, 7) is 0.999. The summed E-state index contributed by atoms with van der Waals surface area (Å²) in [5.74, 6) is 3.23. The maximum absolute atomic E-state index is 12.3. The number of thioether (sulfide) groups is 1. The standard InChI is InChI=1S/C19H20ClNO5S/c1-23-13-3-4-16(24-2)15(9-13)21-18(22)11-27-10-12-7-14(20)19-17(8-12)25-5-6-26-19/h3-4,7-9H,5-6,10-11H2,1-2H3,(H,21,22). The predicted octanol–water partition coefficient (Wildman–Crippen LogP) is 4.00. The van der Waals surface area contributed by atoms with Gasteiger partial charge < -0.3 is 24.3 Å². The first-order chi connectivity index (χ1) is 13.1. The number of anilines is 1. The quantitative estimate of drug-likeness (QED) is 0.745. The number of ether oxygens (including phenoxy) is 4. The lowest BCUT2D eigenvalue weighted by Crippen LogP contribution is -2.16. The molecule has 27 heavy (non-hydrogen) atoms. The van der Waals surface area contributed by atoms with Crippen molar-refractivity contribution in [3.8, 4) is 23.0 Å². The van der Waals surface area contributed by atoms with E-state index in [0.717, 1.165) is 5.56 Å². The van der Waals surface area contributed by atoms with E-state index >= 15 is 0 Å². The van der Waals surface area contributed by atoms with E-state index in [2.05, 4.69) is 5.32 Å². The summed E-state index contributed by atoms with van der Waals surface area (Å²) in [6.07, 6.45) is 0. The second kappa shape index (κ2) is 9.10. The maximum atomic E-state index is 12.3. The lowest BCUT2D eigenvalue weighted by Gasteiger charge is -2.20. The number of carbonyl (C=O) groups is 1. The van der Waals surface area contributed by atoms with Crippen molar-refractivity contribution in [2.45, 2.75) is 5.75 Å². The van der Waals surface area contributed by atoms with Crippen molar-refractivity contribution in [1.82, 2.24) is 0 Å². The SMILES string of the molecule is COc1ccc(OC)c(NC(=O)CSCc2cc(Cl)c3c(c2)OCCO3)c1. The third-order valence-corrected chi connectivity index (χ3v) is 5.12. The molecular weight excluding hydrogens is 390 g/mol. The average Bonchev–Trinajstić information content (AvgIpc) is 2.68. The highest BCUT2D eigenvalue weighted by Crippen LogP contribution is 2.39. The molecule has 0 spiro atoms. The highest BCUT2D eigenvalue weighted by Gasteiger charge is 2.17. The van der Waals surface area contributed by atoms with Gasteiger partial charge in [-0.2, -0.15) is 0 Å². The monoisotopic (exact) mass is 409 g/mol. The van der Waals surface area contributed by atoms with Crippen LogP contribution < -0.4 is 24.3 Å². The molecule has 0 saturated heterocycles. The Hall–Kier alpha value is -2.25. The molecule has 144 valence electrons. The van der Waals surface area contributed by atoms with E-state index < -0.39 is 0 Å². The molecule has 1 heterocycles. The number of amides is 1. The Morgan fingerprint density at radius 3 is 2.78 bits per heavy atom. The number of fused-ring (bicyclic) bond motifs is 1. The molecule has 1 N–H and O–H groups in total. The Kier molecular flexibility index (Phi) is 6.58. The number of methoxy groups -OCH3 is 2. The van der Waals surface area contributed by atoms with Gasteiger partial charge in [-0.05, 0) is 29.8 Å². The van der Waals surface area contributed by atoms with Crippen molar-refractivity contribution < 1.29 is 23.7 Å². The molecule has 2 aromatic carbocycles. The molecule has 1 aliphatic heterocycles. The van der Waals surface area contributed by atoms with E-state index in [1.54, 1.807) is 32.4 Å². The maximum Gasteiger partial charge on any atom is 0.234 e. The fourth-order valence-corrected chi connectivity index (χ4v) is 3.66. The zero-order chi connectivity index (χ0) is 19.2. The van der Waals surface area contributed by atoms with Crippen molar-refractivity contribution in [2.24, 2.45) is 0 Å². The van der Waals surface area contributed by atoms with Gasteiger partial charge in [0, 0.05) is 11.8 Å². The molecule has 0 aliphatic carbocycles. The molecule has 0 aromatic heterocycles. The van der Waals surface area contributed by atoms with E-state index in [4.69, 9.17) is 30.5 Å². The molecule has 1 aliphatic rings. The Balaban J connectivity index is 1.57. The van der Waals surface area contributed by atoms with Crippen molar-refractivity contribution >= 4 is 35.0 Å². The highest BCUT2D eigenvalue weighted by atomic mass is 35.5. The van der Waals surface area contributed by atoms with Gasteiger partial charge in [-0.15, -0.1) is 11.8 Å². The Morgan fingerprint density at radius 1 is 1.19 bits per heavy atom. The highest BCUT2D eigenvalue weighted by molar-refractivity contribution is 7.99. The van der Waals surface area contributed by atoms with Crippen LogP contribution in [0.25, 0.3) is 0 Å². The summed E-state index contributed by atoms with van der Waals surface area (Å²) in [5, 5.41) is 3.37. The van der Waals surface area contributed by atoms with Crippen molar-refractivity contribution in [3.63, 3.8) is 0 Å². The molecule has 3 rings (SSSR count). The molecule has 0 unspecified atom stereocenters. The number of halogens is 1. The van der Waals surface area contributed by atoms with E-state index in [0.29, 0.717) is 52.7 Å². The van der Waals surface area contributed by atoms with E-state index in [-0.39, 0.29) is 11.7 Å².